The third kappa shape index (κ3) is 2.83. The molecule has 0 aromatic rings. The molecule has 0 aromatic carbocycles. The fraction of sp³-hybridized carbons (Fsp3) is 1.00. The molecule has 0 bridgehead atoms. The van der Waals surface area contributed by atoms with Gasteiger partial charge in [-0.3, -0.25) is 0 Å². The third-order valence-electron chi connectivity index (χ3n) is 1.05. The molecule has 88 valence electrons. The molecular weight excluding hydrogens is 263 g/mol. The van der Waals surface area contributed by atoms with E-state index in [-0.39, 0.29) is 20.3 Å². The van der Waals surface area contributed by atoms with Crippen LogP contribution in [0.15, 0.2) is 0 Å². The van der Waals surface area contributed by atoms with E-state index in [9.17, 15) is 34.4 Å². The number of sulfonamides is 2. The Hall–Kier alpha value is 0.137. The fourth-order valence-corrected chi connectivity index (χ4v) is 1.69. The molecule has 4 N–H and O–H groups in total. The van der Waals surface area contributed by atoms with Crippen molar-refractivity contribution in [3.63, 3.8) is 0 Å². The molecular formula is C2H5F4LiN2O4S2. The van der Waals surface area contributed by atoms with Crippen LogP contribution in [0.25, 0.3) is 0 Å². The molecule has 13 heteroatoms. The largest absolute Gasteiger partial charge is 1.00 e. The summed E-state index contributed by atoms with van der Waals surface area (Å²) in [4.78, 5) is 0. The van der Waals surface area contributed by atoms with Gasteiger partial charge in [-0.25, -0.2) is 27.1 Å². The van der Waals surface area contributed by atoms with Gasteiger partial charge in [-0.15, -0.1) is 0 Å². The smallest absolute Gasteiger partial charge is 1.00 e. The number of rotatable bonds is 3. The Balaban J connectivity index is -0.000000845. The molecule has 0 aromatic heterocycles. The molecule has 0 aliphatic carbocycles. The quantitative estimate of drug-likeness (QED) is 0.399. The van der Waals surface area contributed by atoms with Crippen molar-refractivity contribution < 1.29 is 54.7 Å². The van der Waals surface area contributed by atoms with E-state index in [1.807, 2.05) is 0 Å². The van der Waals surface area contributed by atoms with E-state index in [4.69, 9.17) is 0 Å². The van der Waals surface area contributed by atoms with Gasteiger partial charge >= 0.3 is 29.4 Å². The SMILES string of the molecule is NS(=O)(=O)C(F)(F)C(F)(F)S(N)(=O)=O.[H-].[Li+]. The van der Waals surface area contributed by atoms with E-state index >= 15 is 0 Å². The number of nitrogens with two attached hydrogens (primary N) is 2. The molecule has 15 heavy (non-hydrogen) atoms. The molecule has 0 spiro atoms. The summed E-state index contributed by atoms with van der Waals surface area (Å²) in [7, 11) is -12.2. The molecule has 0 radical (unpaired) electrons. The summed E-state index contributed by atoms with van der Waals surface area (Å²) in [5.74, 6) is 0. The van der Waals surface area contributed by atoms with E-state index < -0.39 is 30.6 Å². The fourth-order valence-electron chi connectivity index (χ4n) is 0.331. The Labute approximate surface area is 95.8 Å². The molecule has 6 nitrogen and oxygen atoms in total. The van der Waals surface area contributed by atoms with Crippen LogP contribution in [-0.4, -0.2) is 27.3 Å². The first kappa shape index (κ1) is 17.5. The Morgan fingerprint density at radius 1 is 0.800 bits per heavy atom. The van der Waals surface area contributed by atoms with Gasteiger partial charge in [0.15, 0.2) is 0 Å². The molecule has 0 saturated heterocycles. The van der Waals surface area contributed by atoms with Gasteiger partial charge < -0.3 is 1.43 Å². The van der Waals surface area contributed by atoms with Crippen LogP contribution in [-0.2, 0) is 20.0 Å². The van der Waals surface area contributed by atoms with Gasteiger partial charge in [0.2, 0.25) is 0 Å². The van der Waals surface area contributed by atoms with Crippen molar-refractivity contribution in [3.8, 4) is 0 Å². The van der Waals surface area contributed by atoms with E-state index in [0.717, 1.165) is 0 Å². The number of alkyl halides is 4. The zero-order valence-corrected chi connectivity index (χ0v) is 8.75. The molecule has 0 aliphatic rings. The summed E-state index contributed by atoms with van der Waals surface area (Å²) in [6, 6.07) is 0. The maximum atomic E-state index is 12.3. The minimum Gasteiger partial charge on any atom is -1.00 e. The summed E-state index contributed by atoms with van der Waals surface area (Å²) < 4.78 is 89.0. The maximum Gasteiger partial charge on any atom is 1.00 e. The molecule has 0 rings (SSSR count). The molecule has 0 saturated carbocycles. The van der Waals surface area contributed by atoms with Crippen LogP contribution in [0.3, 0.4) is 0 Å². The van der Waals surface area contributed by atoms with Gasteiger partial charge in [0.25, 0.3) is 20.0 Å². The van der Waals surface area contributed by atoms with Gasteiger partial charge in [0.1, 0.15) is 0 Å². The summed E-state index contributed by atoms with van der Waals surface area (Å²) in [5.41, 5.74) is 0. The van der Waals surface area contributed by atoms with E-state index in [0.29, 0.717) is 0 Å². The summed E-state index contributed by atoms with van der Waals surface area (Å²) in [6.45, 7) is 0. The summed E-state index contributed by atoms with van der Waals surface area (Å²) in [6.07, 6.45) is 0. The van der Waals surface area contributed by atoms with Crippen LogP contribution in [0.4, 0.5) is 17.6 Å². The van der Waals surface area contributed by atoms with Crippen LogP contribution in [0.5, 0.6) is 0 Å². The minimum atomic E-state index is -6.09. The summed E-state index contributed by atoms with van der Waals surface area (Å²) >= 11 is 0. The molecule has 0 aliphatic heterocycles. The average molecular weight is 268 g/mol. The van der Waals surface area contributed by atoms with Gasteiger partial charge in [-0.05, 0) is 0 Å². The van der Waals surface area contributed by atoms with E-state index in [1.54, 1.807) is 0 Å². The molecule has 0 atom stereocenters. The van der Waals surface area contributed by atoms with Gasteiger partial charge in [-0.1, -0.05) is 0 Å². The Bertz CT molecular complexity index is 393. The third-order valence-corrected chi connectivity index (χ3v) is 3.12. The predicted molar refractivity (Wildman–Crippen MR) is 37.2 cm³/mol. The second kappa shape index (κ2) is 4.19. The van der Waals surface area contributed by atoms with Crippen LogP contribution < -0.4 is 29.1 Å². The Kier molecular flexibility index (Phi) is 4.89. The second-order valence-corrected chi connectivity index (χ2v) is 5.33. The van der Waals surface area contributed by atoms with Crippen LogP contribution in [0.2, 0.25) is 0 Å². The Morgan fingerprint density at radius 3 is 1.00 bits per heavy atom. The van der Waals surface area contributed by atoms with Gasteiger partial charge in [0, 0.05) is 0 Å². The van der Waals surface area contributed by atoms with Crippen LogP contribution >= 0.6 is 0 Å². The van der Waals surface area contributed by atoms with Crippen LogP contribution in [0.1, 0.15) is 1.43 Å². The van der Waals surface area contributed by atoms with Crippen molar-refractivity contribution in [2.75, 3.05) is 0 Å². The number of primary sulfonamides is 2. The molecule has 0 amide bonds. The molecule has 0 unspecified atom stereocenters. The first-order valence-electron chi connectivity index (χ1n) is 2.55. The number of hydrogen-bond donors (Lipinski definition) is 2. The maximum absolute atomic E-state index is 12.3. The summed E-state index contributed by atoms with van der Waals surface area (Å²) in [5, 5.41) is -4.52. The van der Waals surface area contributed by atoms with Gasteiger partial charge in [-0.2, -0.15) is 17.6 Å². The van der Waals surface area contributed by atoms with E-state index in [1.165, 1.54) is 0 Å². The zero-order chi connectivity index (χ0) is 12.0. The van der Waals surface area contributed by atoms with Crippen molar-refractivity contribution >= 4 is 20.0 Å². The Morgan fingerprint density at radius 2 is 0.933 bits per heavy atom. The zero-order valence-electron chi connectivity index (χ0n) is 8.12. The van der Waals surface area contributed by atoms with Crippen molar-refractivity contribution in [3.05, 3.63) is 0 Å². The first-order valence-corrected chi connectivity index (χ1v) is 5.64. The second-order valence-electron chi connectivity index (χ2n) is 2.12. The van der Waals surface area contributed by atoms with Crippen LogP contribution in [0, 0.1) is 0 Å². The average Bonchev–Trinajstić information content (AvgIpc) is 1.81. The number of halogens is 4. The monoisotopic (exact) mass is 268 g/mol. The topological polar surface area (TPSA) is 120 Å². The predicted octanol–water partition coefficient (Wildman–Crippen LogP) is -4.13. The van der Waals surface area contributed by atoms with Gasteiger partial charge in [0.05, 0.1) is 0 Å². The van der Waals surface area contributed by atoms with Crippen molar-refractivity contribution in [1.82, 2.24) is 0 Å². The molecule has 0 fully saturated rings. The standard InChI is InChI=1S/C2H4F4N2O4S2.Li.H/c3-1(4,13(7,9)10)2(5,6)14(8,11)12;;/h(H2,7,9,10)(H2,8,11,12);;/q;+1;-1. The first-order chi connectivity index (χ1) is 5.75. The molecule has 0 heterocycles. The van der Waals surface area contributed by atoms with Crippen molar-refractivity contribution in [2.24, 2.45) is 10.3 Å². The minimum absolute atomic E-state index is 0. The van der Waals surface area contributed by atoms with Crippen molar-refractivity contribution in [2.45, 2.75) is 10.5 Å². The normalized spacial score (nSPS) is 14.5. The van der Waals surface area contributed by atoms with E-state index in [2.05, 4.69) is 10.3 Å². The van der Waals surface area contributed by atoms with Crippen molar-refractivity contribution in [1.29, 1.82) is 0 Å². The number of hydrogen-bond acceptors (Lipinski definition) is 4.